The van der Waals surface area contributed by atoms with E-state index < -0.39 is 16.9 Å². The van der Waals surface area contributed by atoms with Crippen LogP contribution in [0, 0.1) is 10.1 Å². The van der Waals surface area contributed by atoms with E-state index in [-0.39, 0.29) is 23.4 Å². The van der Waals surface area contributed by atoms with Gasteiger partial charge in [-0.1, -0.05) is 17.2 Å². The van der Waals surface area contributed by atoms with E-state index in [1.54, 1.807) is 0 Å². The van der Waals surface area contributed by atoms with E-state index in [0.29, 0.717) is 0 Å². The number of aliphatic carboxylic acids is 1. The molecule has 94 valence electrons. The Bertz CT molecular complexity index is 538. The minimum Gasteiger partial charge on any atom is -0.480 e. The van der Waals surface area contributed by atoms with Crippen LogP contribution in [0.15, 0.2) is 23.3 Å². The number of nitrogens with zero attached hydrogens (tertiary/aromatic N) is 4. The van der Waals surface area contributed by atoms with E-state index in [4.69, 9.17) is 16.4 Å². The SMILES string of the molecule is [N-]=[N+]=Nc1ccc(C[C@H](N)C(=O)O)c([N+](=O)[O-])c1. The highest BCUT2D eigenvalue weighted by molar-refractivity contribution is 5.74. The van der Waals surface area contributed by atoms with Crippen LogP contribution in [-0.2, 0) is 11.2 Å². The van der Waals surface area contributed by atoms with Crippen molar-refractivity contribution in [2.45, 2.75) is 12.5 Å². The molecule has 0 spiro atoms. The number of hydrogen-bond donors (Lipinski definition) is 2. The normalized spacial score (nSPS) is 11.4. The van der Waals surface area contributed by atoms with Gasteiger partial charge < -0.3 is 10.8 Å². The van der Waals surface area contributed by atoms with Crippen molar-refractivity contribution in [1.82, 2.24) is 0 Å². The van der Waals surface area contributed by atoms with Gasteiger partial charge in [-0.25, -0.2) is 0 Å². The van der Waals surface area contributed by atoms with Crippen molar-refractivity contribution in [2.75, 3.05) is 0 Å². The maximum Gasteiger partial charge on any atom is 0.320 e. The van der Waals surface area contributed by atoms with Crippen molar-refractivity contribution in [2.24, 2.45) is 10.8 Å². The zero-order chi connectivity index (χ0) is 13.7. The molecule has 0 amide bonds. The highest BCUT2D eigenvalue weighted by atomic mass is 16.6. The number of rotatable bonds is 5. The number of nitro groups is 1. The quantitative estimate of drug-likeness (QED) is 0.266. The lowest BCUT2D eigenvalue weighted by Gasteiger charge is -2.07. The van der Waals surface area contributed by atoms with Gasteiger partial charge >= 0.3 is 5.97 Å². The fraction of sp³-hybridized carbons (Fsp3) is 0.222. The predicted octanol–water partition coefficient (Wildman–Crippen LogP) is 1.49. The Morgan fingerprint density at radius 1 is 1.67 bits per heavy atom. The second-order valence-corrected chi connectivity index (χ2v) is 3.41. The average molecular weight is 251 g/mol. The van der Waals surface area contributed by atoms with Gasteiger partial charge in [0.15, 0.2) is 0 Å². The maximum atomic E-state index is 10.8. The van der Waals surface area contributed by atoms with Crippen molar-refractivity contribution >= 4 is 17.3 Å². The van der Waals surface area contributed by atoms with Crippen LogP contribution in [0.3, 0.4) is 0 Å². The molecule has 0 aliphatic carbocycles. The molecule has 0 heterocycles. The summed E-state index contributed by atoms with van der Waals surface area (Å²) in [5, 5.41) is 22.7. The number of hydrogen-bond acceptors (Lipinski definition) is 5. The molecule has 0 saturated heterocycles. The second kappa shape index (κ2) is 5.62. The first-order valence-corrected chi connectivity index (χ1v) is 4.76. The van der Waals surface area contributed by atoms with Crippen LogP contribution in [0.4, 0.5) is 11.4 Å². The zero-order valence-electron chi connectivity index (χ0n) is 9.05. The minimum atomic E-state index is -1.25. The predicted molar refractivity (Wildman–Crippen MR) is 61.2 cm³/mol. The minimum absolute atomic E-state index is 0.0804. The topological polar surface area (TPSA) is 155 Å². The molecule has 0 radical (unpaired) electrons. The van der Waals surface area contributed by atoms with E-state index in [2.05, 4.69) is 10.0 Å². The van der Waals surface area contributed by atoms with Gasteiger partial charge in [0.25, 0.3) is 5.69 Å². The third-order valence-electron chi connectivity index (χ3n) is 2.18. The summed E-state index contributed by atoms with van der Waals surface area (Å²) in [6.45, 7) is 0. The summed E-state index contributed by atoms with van der Waals surface area (Å²) in [5.41, 5.74) is 13.5. The van der Waals surface area contributed by atoms with Crippen LogP contribution in [-0.4, -0.2) is 22.0 Å². The molecule has 0 aliphatic rings. The van der Waals surface area contributed by atoms with Gasteiger partial charge in [0.05, 0.1) is 4.92 Å². The second-order valence-electron chi connectivity index (χ2n) is 3.41. The summed E-state index contributed by atoms with van der Waals surface area (Å²) in [5.74, 6) is -1.25. The summed E-state index contributed by atoms with van der Waals surface area (Å²) < 4.78 is 0. The van der Waals surface area contributed by atoms with Gasteiger partial charge in [0.1, 0.15) is 6.04 Å². The van der Waals surface area contributed by atoms with Crippen molar-refractivity contribution < 1.29 is 14.8 Å². The molecule has 1 aromatic rings. The van der Waals surface area contributed by atoms with Crippen LogP contribution >= 0.6 is 0 Å². The molecule has 0 aromatic heterocycles. The van der Waals surface area contributed by atoms with Gasteiger partial charge in [-0.15, -0.1) is 0 Å². The summed E-state index contributed by atoms with van der Waals surface area (Å²) in [6, 6.07) is 2.53. The fourth-order valence-corrected chi connectivity index (χ4v) is 1.33. The number of carbonyl (C=O) groups is 1. The highest BCUT2D eigenvalue weighted by Crippen LogP contribution is 2.26. The van der Waals surface area contributed by atoms with Gasteiger partial charge in [-0.05, 0) is 5.53 Å². The fourth-order valence-electron chi connectivity index (χ4n) is 1.33. The Hall–Kier alpha value is -2.64. The van der Waals surface area contributed by atoms with Gasteiger partial charge in [-0.3, -0.25) is 14.9 Å². The summed E-state index contributed by atoms with van der Waals surface area (Å²) in [7, 11) is 0. The average Bonchev–Trinajstić information content (AvgIpc) is 2.30. The van der Waals surface area contributed by atoms with Crippen LogP contribution in [0.25, 0.3) is 10.4 Å². The van der Waals surface area contributed by atoms with E-state index >= 15 is 0 Å². The van der Waals surface area contributed by atoms with Crippen LogP contribution in [0.2, 0.25) is 0 Å². The lowest BCUT2D eigenvalue weighted by Crippen LogP contribution is -2.32. The smallest absolute Gasteiger partial charge is 0.320 e. The lowest BCUT2D eigenvalue weighted by molar-refractivity contribution is -0.385. The number of carboxylic acids is 1. The Kier molecular flexibility index (Phi) is 4.19. The number of benzene rings is 1. The van der Waals surface area contributed by atoms with E-state index in [1.165, 1.54) is 12.1 Å². The number of nitro benzene ring substituents is 1. The van der Waals surface area contributed by atoms with E-state index in [0.717, 1.165) is 6.07 Å². The summed E-state index contributed by atoms with van der Waals surface area (Å²) in [4.78, 5) is 23.2. The summed E-state index contributed by atoms with van der Waals surface area (Å²) >= 11 is 0. The maximum absolute atomic E-state index is 10.8. The van der Waals surface area contributed by atoms with E-state index in [9.17, 15) is 14.9 Å². The standard InChI is InChI=1S/C9H9N5O4/c10-7(9(15)16)3-5-1-2-6(12-13-11)4-8(5)14(17)18/h1-2,4,7H,3,10H2,(H,15,16)/t7-/m0/s1. The van der Waals surface area contributed by atoms with Crippen molar-refractivity contribution in [3.8, 4) is 0 Å². The molecule has 1 atom stereocenters. The third-order valence-corrected chi connectivity index (χ3v) is 2.18. The molecule has 0 unspecified atom stereocenters. The molecule has 18 heavy (non-hydrogen) atoms. The first kappa shape index (κ1) is 13.4. The molecule has 0 fully saturated rings. The lowest BCUT2D eigenvalue weighted by atomic mass is 10.0. The molecule has 0 aliphatic heterocycles. The van der Waals surface area contributed by atoms with Crippen LogP contribution in [0.5, 0.6) is 0 Å². The Balaban J connectivity index is 3.15. The third kappa shape index (κ3) is 3.17. The summed E-state index contributed by atoms with van der Waals surface area (Å²) in [6.07, 6.45) is -0.178. The Morgan fingerprint density at radius 3 is 2.83 bits per heavy atom. The molecule has 1 rings (SSSR count). The first-order chi connectivity index (χ1) is 8.45. The van der Waals surface area contributed by atoms with E-state index in [1.807, 2.05) is 0 Å². The van der Waals surface area contributed by atoms with Crippen LogP contribution in [0.1, 0.15) is 5.56 Å². The van der Waals surface area contributed by atoms with Crippen molar-refractivity contribution in [1.29, 1.82) is 0 Å². The first-order valence-electron chi connectivity index (χ1n) is 4.76. The highest BCUT2D eigenvalue weighted by Gasteiger charge is 2.20. The van der Waals surface area contributed by atoms with Gasteiger partial charge in [0.2, 0.25) is 0 Å². The van der Waals surface area contributed by atoms with Gasteiger partial charge in [0, 0.05) is 28.6 Å². The molecule has 0 saturated carbocycles. The number of nitrogens with two attached hydrogens (primary N) is 1. The number of azide groups is 1. The Labute approximate surface area is 101 Å². The molecule has 1 aromatic carbocycles. The molecular weight excluding hydrogens is 242 g/mol. The number of carboxylic acid groups (broad SMARTS) is 1. The molecule has 9 nitrogen and oxygen atoms in total. The van der Waals surface area contributed by atoms with Crippen LogP contribution < -0.4 is 5.73 Å². The molecule has 3 N–H and O–H groups in total. The zero-order valence-corrected chi connectivity index (χ0v) is 9.05. The molecule has 9 heteroatoms. The largest absolute Gasteiger partial charge is 0.480 e. The molecule has 0 bridgehead atoms. The Morgan fingerprint density at radius 2 is 2.33 bits per heavy atom. The monoisotopic (exact) mass is 251 g/mol. The molecular formula is C9H9N5O4. The van der Waals surface area contributed by atoms with Gasteiger partial charge in [-0.2, -0.15) is 0 Å². The van der Waals surface area contributed by atoms with Crippen molar-refractivity contribution in [3.63, 3.8) is 0 Å². The van der Waals surface area contributed by atoms with Crippen molar-refractivity contribution in [3.05, 3.63) is 44.3 Å².